The van der Waals surface area contributed by atoms with Gasteiger partial charge in [0.25, 0.3) is 5.56 Å². The Balaban J connectivity index is 1.47. The maximum Gasteiger partial charge on any atom is 0.259 e. The summed E-state index contributed by atoms with van der Waals surface area (Å²) in [5, 5.41) is 13.8. The minimum absolute atomic E-state index is 0.106. The zero-order chi connectivity index (χ0) is 18.1. The molecule has 0 unspecified atom stereocenters. The third kappa shape index (κ3) is 3.11. The van der Waals surface area contributed by atoms with E-state index in [1.807, 2.05) is 6.07 Å². The van der Waals surface area contributed by atoms with Crippen molar-refractivity contribution in [2.24, 2.45) is 0 Å². The maximum atomic E-state index is 12.3. The van der Waals surface area contributed by atoms with Gasteiger partial charge in [-0.3, -0.25) is 9.59 Å². The number of benzene rings is 1. The van der Waals surface area contributed by atoms with Crippen LogP contribution >= 0.6 is 23.1 Å². The van der Waals surface area contributed by atoms with Gasteiger partial charge in [-0.2, -0.15) is 5.26 Å². The molecule has 0 bridgehead atoms. The fourth-order valence-corrected chi connectivity index (χ4v) is 4.96. The van der Waals surface area contributed by atoms with Gasteiger partial charge in [0.05, 0.1) is 22.2 Å². The van der Waals surface area contributed by atoms with E-state index in [1.165, 1.54) is 16.2 Å². The number of thiophene rings is 1. The molecule has 0 aliphatic heterocycles. The number of rotatable bonds is 4. The van der Waals surface area contributed by atoms with Crippen molar-refractivity contribution >= 4 is 44.9 Å². The number of carbonyl (C=O) groups is 1. The zero-order valence-corrected chi connectivity index (χ0v) is 15.3. The second-order valence-corrected chi connectivity index (χ2v) is 7.97. The predicted octanol–water partition coefficient (Wildman–Crippen LogP) is 3.08. The number of anilines is 1. The summed E-state index contributed by atoms with van der Waals surface area (Å²) in [6.07, 6.45) is 2.95. The molecule has 2 heterocycles. The van der Waals surface area contributed by atoms with Crippen LogP contribution in [0.15, 0.2) is 34.2 Å². The summed E-state index contributed by atoms with van der Waals surface area (Å²) < 4.78 is 0. The van der Waals surface area contributed by atoms with E-state index in [4.69, 9.17) is 0 Å². The lowest BCUT2D eigenvalue weighted by Crippen LogP contribution is -2.15. The number of amides is 1. The molecule has 8 heteroatoms. The molecule has 1 aliphatic rings. The molecular formula is C18H14N4O2S2. The van der Waals surface area contributed by atoms with E-state index in [9.17, 15) is 14.9 Å². The van der Waals surface area contributed by atoms with Crippen molar-refractivity contribution in [1.82, 2.24) is 9.97 Å². The van der Waals surface area contributed by atoms with E-state index in [0.29, 0.717) is 26.6 Å². The lowest BCUT2D eigenvalue weighted by molar-refractivity contribution is -0.113. The zero-order valence-electron chi connectivity index (χ0n) is 13.7. The molecule has 130 valence electrons. The molecule has 0 saturated carbocycles. The fraction of sp³-hybridized carbons (Fsp3) is 0.222. The molecule has 4 rings (SSSR count). The Hall–Kier alpha value is -2.63. The van der Waals surface area contributed by atoms with Crippen LogP contribution in [-0.2, 0) is 17.6 Å². The summed E-state index contributed by atoms with van der Waals surface area (Å²) in [5.41, 5.74) is 2.06. The van der Waals surface area contributed by atoms with Crippen molar-refractivity contribution in [3.05, 3.63) is 50.6 Å². The van der Waals surface area contributed by atoms with Gasteiger partial charge in [0.2, 0.25) is 5.91 Å². The lowest BCUT2D eigenvalue weighted by atomic mass is 10.1. The number of fused-ring (bicyclic) bond motifs is 2. The Morgan fingerprint density at radius 2 is 2.23 bits per heavy atom. The summed E-state index contributed by atoms with van der Waals surface area (Å²) >= 11 is 2.65. The van der Waals surface area contributed by atoms with E-state index in [-0.39, 0.29) is 17.2 Å². The highest BCUT2D eigenvalue weighted by Gasteiger charge is 2.23. The first-order valence-corrected chi connectivity index (χ1v) is 9.92. The molecule has 0 saturated heterocycles. The molecule has 0 fully saturated rings. The number of aryl methyl sites for hydroxylation is 1. The number of nitrogens with zero attached hydrogens (tertiary/aromatic N) is 2. The van der Waals surface area contributed by atoms with Crippen LogP contribution in [0.1, 0.15) is 22.4 Å². The van der Waals surface area contributed by atoms with Crippen molar-refractivity contribution < 1.29 is 4.79 Å². The van der Waals surface area contributed by atoms with Gasteiger partial charge < -0.3 is 10.3 Å². The highest BCUT2D eigenvalue weighted by atomic mass is 32.2. The van der Waals surface area contributed by atoms with E-state index in [1.54, 1.807) is 18.2 Å². The Labute approximate surface area is 157 Å². The first kappa shape index (κ1) is 16.8. The molecule has 0 atom stereocenters. The molecule has 1 amide bonds. The maximum absolute atomic E-state index is 12.3. The van der Waals surface area contributed by atoms with Crippen molar-refractivity contribution in [2.45, 2.75) is 24.4 Å². The van der Waals surface area contributed by atoms with E-state index >= 15 is 0 Å². The van der Waals surface area contributed by atoms with Crippen molar-refractivity contribution in [3.8, 4) is 6.07 Å². The third-order valence-electron chi connectivity index (χ3n) is 4.22. The van der Waals surface area contributed by atoms with E-state index in [0.717, 1.165) is 36.6 Å². The molecule has 3 aromatic rings. The van der Waals surface area contributed by atoms with Crippen LogP contribution < -0.4 is 10.9 Å². The average molecular weight is 382 g/mol. The first-order valence-electron chi connectivity index (χ1n) is 8.12. The van der Waals surface area contributed by atoms with Crippen LogP contribution in [0, 0.1) is 11.3 Å². The Kier molecular flexibility index (Phi) is 4.49. The standard InChI is InChI=1S/C18H14N4O2S2/c19-8-12-10-5-3-7-14(10)26-17(12)21-15(23)9-25-18-20-13-6-2-1-4-11(13)16(24)22-18/h1-2,4,6H,3,5,7,9H2,(H,21,23)(H,20,22,24). The summed E-state index contributed by atoms with van der Waals surface area (Å²) in [7, 11) is 0. The van der Waals surface area contributed by atoms with Crippen LogP contribution in [0.2, 0.25) is 0 Å². The molecule has 1 aromatic carbocycles. The molecule has 2 aromatic heterocycles. The van der Waals surface area contributed by atoms with Crippen LogP contribution in [-0.4, -0.2) is 21.6 Å². The smallest absolute Gasteiger partial charge is 0.259 e. The Morgan fingerprint density at radius 1 is 1.38 bits per heavy atom. The van der Waals surface area contributed by atoms with Gasteiger partial charge in [-0.25, -0.2) is 4.98 Å². The van der Waals surface area contributed by atoms with Gasteiger partial charge in [0.1, 0.15) is 11.1 Å². The van der Waals surface area contributed by atoms with Crippen LogP contribution in [0.5, 0.6) is 0 Å². The second kappa shape index (κ2) is 6.94. The third-order valence-corrected chi connectivity index (χ3v) is 6.30. The summed E-state index contributed by atoms with van der Waals surface area (Å²) in [5.74, 6) is -0.114. The number of thioether (sulfide) groups is 1. The Bertz CT molecular complexity index is 1110. The van der Waals surface area contributed by atoms with E-state index in [2.05, 4.69) is 21.4 Å². The molecule has 1 aliphatic carbocycles. The topological polar surface area (TPSA) is 98.6 Å². The minimum Gasteiger partial charge on any atom is -0.316 e. The molecule has 6 nitrogen and oxygen atoms in total. The average Bonchev–Trinajstić information content (AvgIpc) is 3.20. The second-order valence-electron chi connectivity index (χ2n) is 5.90. The number of H-pyrrole nitrogens is 1. The summed E-state index contributed by atoms with van der Waals surface area (Å²) in [4.78, 5) is 32.6. The van der Waals surface area contributed by atoms with Gasteiger partial charge in [-0.15, -0.1) is 11.3 Å². The monoisotopic (exact) mass is 382 g/mol. The minimum atomic E-state index is -0.222. The normalized spacial score (nSPS) is 12.7. The number of nitriles is 1. The van der Waals surface area contributed by atoms with Crippen LogP contribution in [0.25, 0.3) is 10.9 Å². The number of carbonyl (C=O) groups excluding carboxylic acids is 1. The number of hydrogen-bond acceptors (Lipinski definition) is 6. The van der Waals surface area contributed by atoms with Gasteiger partial charge in [-0.05, 0) is 37.0 Å². The van der Waals surface area contributed by atoms with Gasteiger partial charge in [0, 0.05) is 4.88 Å². The number of para-hydroxylation sites is 1. The molecule has 0 radical (unpaired) electrons. The molecule has 0 spiro atoms. The van der Waals surface area contributed by atoms with Gasteiger partial charge >= 0.3 is 0 Å². The summed E-state index contributed by atoms with van der Waals surface area (Å²) in [6, 6.07) is 9.28. The molecular weight excluding hydrogens is 368 g/mol. The number of nitrogens with one attached hydrogen (secondary N) is 2. The van der Waals surface area contributed by atoms with Crippen molar-refractivity contribution in [1.29, 1.82) is 5.26 Å². The lowest BCUT2D eigenvalue weighted by Gasteiger charge is -2.05. The van der Waals surface area contributed by atoms with Crippen molar-refractivity contribution in [2.75, 3.05) is 11.1 Å². The SMILES string of the molecule is N#Cc1c(NC(=O)CSc2nc3ccccc3c(=O)[nH]2)sc2c1CCC2. The van der Waals surface area contributed by atoms with E-state index < -0.39 is 0 Å². The molecule has 26 heavy (non-hydrogen) atoms. The fourth-order valence-electron chi connectivity index (χ4n) is 3.04. The van der Waals surface area contributed by atoms with Gasteiger partial charge in [-0.1, -0.05) is 23.9 Å². The van der Waals surface area contributed by atoms with Crippen LogP contribution in [0.4, 0.5) is 5.00 Å². The number of aromatic amines is 1. The largest absolute Gasteiger partial charge is 0.316 e. The number of hydrogen-bond donors (Lipinski definition) is 2. The summed E-state index contributed by atoms with van der Waals surface area (Å²) in [6.45, 7) is 0. The highest BCUT2D eigenvalue weighted by Crippen LogP contribution is 2.38. The first-order chi connectivity index (χ1) is 12.7. The van der Waals surface area contributed by atoms with Gasteiger partial charge in [0.15, 0.2) is 5.16 Å². The highest BCUT2D eigenvalue weighted by molar-refractivity contribution is 7.99. The van der Waals surface area contributed by atoms with Crippen LogP contribution in [0.3, 0.4) is 0 Å². The number of aromatic nitrogens is 2. The predicted molar refractivity (Wildman–Crippen MR) is 103 cm³/mol. The molecule has 2 N–H and O–H groups in total. The quantitative estimate of drug-likeness (QED) is 0.534. The van der Waals surface area contributed by atoms with Crippen molar-refractivity contribution in [3.63, 3.8) is 0 Å². The Morgan fingerprint density at radius 3 is 3.08 bits per heavy atom.